The average Bonchev–Trinajstić information content (AvgIpc) is 3.46. The zero-order valence-electron chi connectivity index (χ0n) is 41.3. The first-order valence-electron chi connectivity index (χ1n) is 24.4. The van der Waals surface area contributed by atoms with Gasteiger partial charge in [0.05, 0.1) is 39.0 Å². The van der Waals surface area contributed by atoms with Crippen molar-refractivity contribution in [3.05, 3.63) is 228 Å². The van der Waals surface area contributed by atoms with Gasteiger partial charge in [-0.15, -0.1) is 0 Å². The van der Waals surface area contributed by atoms with Gasteiger partial charge < -0.3 is 4.57 Å². The summed E-state index contributed by atoms with van der Waals surface area (Å²) in [6, 6.07) is 45.3. The summed E-state index contributed by atoms with van der Waals surface area (Å²) >= 11 is 0. The van der Waals surface area contributed by atoms with Crippen molar-refractivity contribution in [2.45, 2.75) is 38.6 Å². The molecule has 0 spiro atoms. The van der Waals surface area contributed by atoms with Crippen LogP contribution in [0.3, 0.4) is 0 Å². The Kier molecular flexibility index (Phi) is 12.8. The van der Waals surface area contributed by atoms with E-state index >= 15 is 26.3 Å². The average molecular weight is 1080 g/mol. The summed E-state index contributed by atoms with van der Waals surface area (Å²) in [5, 5.41) is 0.500. The van der Waals surface area contributed by atoms with Crippen molar-refractivity contribution < 1.29 is 52.7 Å². The normalized spacial score (nSPS) is 12.4. The van der Waals surface area contributed by atoms with E-state index in [0.29, 0.717) is 11.1 Å². The van der Waals surface area contributed by atoms with Crippen molar-refractivity contribution in [3.8, 4) is 84.4 Å². The number of alkyl halides is 12. The molecule has 16 heteroatoms. The Hall–Kier alpha value is -9.05. The van der Waals surface area contributed by atoms with E-state index in [4.69, 9.17) is 15.0 Å². The SMILES string of the molecule is Cc1cc(-c2ccc3c(c2)c2cc(-c4cc(C)cc(C(F)(F)F)c4)ccc2n3-c2c(-c3ccccc3C(F)(F)F)cc(-c3nc(-c4ccccc4)nc(-c4ccccc4)n3)cc2-c2ccccc2C(F)(F)F)cc(C(F)(F)F)c1. The van der Waals surface area contributed by atoms with Gasteiger partial charge in [0.1, 0.15) is 0 Å². The van der Waals surface area contributed by atoms with E-state index in [1.54, 1.807) is 72.8 Å². The number of halogens is 12. The molecule has 0 fully saturated rings. The fourth-order valence-corrected chi connectivity index (χ4v) is 10.1. The largest absolute Gasteiger partial charge is 0.417 e. The Labute approximate surface area is 443 Å². The van der Waals surface area contributed by atoms with Gasteiger partial charge in [0.15, 0.2) is 17.5 Å². The molecule has 394 valence electrons. The van der Waals surface area contributed by atoms with Gasteiger partial charge in [-0.1, -0.05) is 121 Å². The maximum Gasteiger partial charge on any atom is 0.417 e. The highest BCUT2D eigenvalue weighted by Crippen LogP contribution is 2.50. The second-order valence-corrected chi connectivity index (χ2v) is 19.0. The zero-order chi connectivity index (χ0) is 55.8. The van der Waals surface area contributed by atoms with Crippen molar-refractivity contribution in [3.63, 3.8) is 0 Å². The highest BCUT2D eigenvalue weighted by atomic mass is 19.4. The Morgan fingerprint density at radius 1 is 0.304 bits per heavy atom. The van der Waals surface area contributed by atoms with Gasteiger partial charge >= 0.3 is 24.7 Å². The summed E-state index contributed by atoms with van der Waals surface area (Å²) in [5.74, 6) is 0.174. The van der Waals surface area contributed by atoms with E-state index in [2.05, 4.69) is 0 Å². The monoisotopic (exact) mass is 1080 g/mol. The quantitative estimate of drug-likeness (QED) is 0.142. The lowest BCUT2D eigenvalue weighted by atomic mass is 9.88. The van der Waals surface area contributed by atoms with Crippen molar-refractivity contribution in [2.75, 3.05) is 0 Å². The van der Waals surface area contributed by atoms with Gasteiger partial charge in [0, 0.05) is 38.6 Å². The molecule has 4 nitrogen and oxygen atoms in total. The topological polar surface area (TPSA) is 43.6 Å². The molecule has 0 unspecified atom stereocenters. The van der Waals surface area contributed by atoms with Crippen molar-refractivity contribution in [1.82, 2.24) is 19.5 Å². The van der Waals surface area contributed by atoms with Crippen molar-refractivity contribution in [1.29, 1.82) is 0 Å². The number of nitrogens with zero attached hydrogens (tertiary/aromatic N) is 4. The van der Waals surface area contributed by atoms with E-state index < -0.39 is 58.1 Å². The minimum Gasteiger partial charge on any atom is -0.308 e. The molecule has 2 heterocycles. The highest BCUT2D eigenvalue weighted by Gasteiger charge is 2.38. The van der Waals surface area contributed by atoms with Crippen LogP contribution in [0.4, 0.5) is 52.7 Å². The lowest BCUT2D eigenvalue weighted by Crippen LogP contribution is -2.11. The summed E-state index contributed by atoms with van der Waals surface area (Å²) in [5.41, 5.74) is -3.13. The van der Waals surface area contributed by atoms with Crippen LogP contribution in [0.25, 0.3) is 106 Å². The van der Waals surface area contributed by atoms with Crippen LogP contribution in [-0.2, 0) is 24.7 Å². The summed E-state index contributed by atoms with van der Waals surface area (Å²) in [6.07, 6.45) is -19.6. The number of aryl methyl sites for hydroxylation is 2. The van der Waals surface area contributed by atoms with Crippen LogP contribution in [0, 0.1) is 13.8 Å². The van der Waals surface area contributed by atoms with Crippen molar-refractivity contribution in [2.24, 2.45) is 0 Å². The summed E-state index contributed by atoms with van der Waals surface area (Å²) in [6.45, 7) is 2.97. The molecule has 0 saturated heterocycles. The third kappa shape index (κ3) is 10.1. The van der Waals surface area contributed by atoms with E-state index in [1.807, 2.05) is 0 Å². The Morgan fingerprint density at radius 2 is 0.671 bits per heavy atom. The van der Waals surface area contributed by atoms with Crippen LogP contribution in [0.5, 0.6) is 0 Å². The first-order chi connectivity index (χ1) is 37.5. The van der Waals surface area contributed by atoms with Gasteiger partial charge in [-0.3, -0.25) is 0 Å². The van der Waals surface area contributed by atoms with Crippen LogP contribution < -0.4 is 0 Å². The van der Waals surface area contributed by atoms with Crippen LogP contribution in [0.1, 0.15) is 33.4 Å². The lowest BCUT2D eigenvalue weighted by molar-refractivity contribution is -0.138. The maximum atomic E-state index is 15.6. The third-order valence-corrected chi connectivity index (χ3v) is 13.6. The molecule has 0 bridgehead atoms. The molecule has 11 aromatic rings. The first kappa shape index (κ1) is 52.0. The molecule has 0 atom stereocenters. The fraction of sp³-hybridized carbons (Fsp3) is 0.0952. The number of aromatic nitrogens is 4. The smallest absolute Gasteiger partial charge is 0.308 e. The van der Waals surface area contributed by atoms with E-state index in [-0.39, 0.29) is 95.0 Å². The Balaban J connectivity index is 1.31. The first-order valence-corrected chi connectivity index (χ1v) is 24.4. The summed E-state index contributed by atoms with van der Waals surface area (Å²) in [4.78, 5) is 14.4. The fourth-order valence-electron chi connectivity index (χ4n) is 10.1. The van der Waals surface area contributed by atoms with E-state index in [0.717, 1.165) is 36.4 Å². The van der Waals surface area contributed by atoms with E-state index in [1.165, 1.54) is 103 Å². The van der Waals surface area contributed by atoms with Crippen LogP contribution >= 0.6 is 0 Å². The molecule has 0 N–H and O–H groups in total. The number of fused-ring (bicyclic) bond motifs is 3. The number of benzene rings is 9. The van der Waals surface area contributed by atoms with Gasteiger partial charge in [-0.25, -0.2) is 15.0 Å². The minimum absolute atomic E-state index is 0.00959. The predicted molar refractivity (Wildman–Crippen MR) is 282 cm³/mol. The number of hydrogen-bond acceptors (Lipinski definition) is 3. The second kappa shape index (κ2) is 19.4. The van der Waals surface area contributed by atoms with Gasteiger partial charge in [0.25, 0.3) is 0 Å². The van der Waals surface area contributed by atoms with Gasteiger partial charge in [-0.05, 0) is 131 Å². The molecule has 0 radical (unpaired) electrons. The second-order valence-electron chi connectivity index (χ2n) is 19.0. The Morgan fingerprint density at radius 3 is 1.05 bits per heavy atom. The van der Waals surface area contributed by atoms with Crippen molar-refractivity contribution >= 4 is 21.8 Å². The van der Waals surface area contributed by atoms with Crippen LogP contribution in [0.15, 0.2) is 194 Å². The standard InChI is InChI=1S/C63H38F12N4/c1-35-25-41(29-44(27-35)60(64,65)66)39-21-23-54-48(31-39)49-32-40(42-26-36(2)28-45(30-42)61(67,68)69)22-24-55(49)79(54)56-50(46-17-9-11-19-52(46)62(70,71)72)33-43(34-51(56)47-18-10-12-20-53(47)63(73,74)75)59-77-57(37-13-5-3-6-14-37)76-58(78-59)38-15-7-4-8-16-38/h3-34H,1-2H3. The number of rotatable bonds is 8. The van der Waals surface area contributed by atoms with E-state index in [9.17, 15) is 26.3 Å². The molecule has 2 aromatic heterocycles. The lowest BCUT2D eigenvalue weighted by Gasteiger charge is -2.24. The summed E-state index contributed by atoms with van der Waals surface area (Å²) < 4.78 is 181. The molecule has 0 amide bonds. The predicted octanol–water partition coefficient (Wildman–Crippen LogP) is 19.3. The molecular weight excluding hydrogens is 1040 g/mol. The van der Waals surface area contributed by atoms with Gasteiger partial charge in [0.2, 0.25) is 0 Å². The van der Waals surface area contributed by atoms with Gasteiger partial charge in [-0.2, -0.15) is 52.7 Å². The molecule has 0 aliphatic rings. The highest BCUT2D eigenvalue weighted by molar-refractivity contribution is 6.13. The molecule has 0 aliphatic carbocycles. The zero-order valence-corrected chi connectivity index (χ0v) is 41.3. The number of hydrogen-bond donors (Lipinski definition) is 0. The maximum absolute atomic E-state index is 15.6. The molecular formula is C63H38F12N4. The Bertz CT molecular complexity index is 3900. The molecule has 9 aromatic carbocycles. The molecule has 0 saturated carbocycles. The third-order valence-electron chi connectivity index (χ3n) is 13.6. The minimum atomic E-state index is -5.04. The van der Waals surface area contributed by atoms with Crippen LogP contribution in [-0.4, -0.2) is 19.5 Å². The summed E-state index contributed by atoms with van der Waals surface area (Å²) in [7, 11) is 0. The molecule has 0 aliphatic heterocycles. The van der Waals surface area contributed by atoms with Crippen LogP contribution in [0.2, 0.25) is 0 Å². The molecule has 11 rings (SSSR count). The molecule has 79 heavy (non-hydrogen) atoms.